The summed E-state index contributed by atoms with van der Waals surface area (Å²) in [6.45, 7) is 7.05. The van der Waals surface area contributed by atoms with Gasteiger partial charge in [-0.25, -0.2) is 14.8 Å². The predicted octanol–water partition coefficient (Wildman–Crippen LogP) is 0.310. The van der Waals surface area contributed by atoms with E-state index in [1.807, 2.05) is 5.32 Å². The molecule has 2 rings (SSSR count). The van der Waals surface area contributed by atoms with Gasteiger partial charge in [0.25, 0.3) is 5.91 Å². The van der Waals surface area contributed by atoms with Gasteiger partial charge in [-0.15, -0.1) is 0 Å². The Balaban J connectivity index is 2.29. The molecule has 6 N–H and O–H groups in total. The molecule has 0 bridgehead atoms. The minimum Gasteiger partial charge on any atom is -0.465 e. The number of halogens is 3. The van der Waals surface area contributed by atoms with Crippen molar-refractivity contribution in [2.24, 2.45) is 11.8 Å². The molecule has 4 atom stereocenters. The normalized spacial score (nSPS) is 17.0. The van der Waals surface area contributed by atoms with Gasteiger partial charge < -0.3 is 31.7 Å². The number of carboxylic acid groups (broad SMARTS) is 1. The van der Waals surface area contributed by atoms with Gasteiger partial charge >= 0.3 is 12.3 Å². The smallest absolute Gasteiger partial charge is 0.433 e. The lowest BCUT2D eigenvalue weighted by Crippen LogP contribution is -2.58. The maximum absolute atomic E-state index is 13.4. The van der Waals surface area contributed by atoms with E-state index in [-0.39, 0.29) is 24.7 Å². The number of amides is 5. The van der Waals surface area contributed by atoms with Crippen molar-refractivity contribution >= 4 is 35.5 Å². The third kappa shape index (κ3) is 11.1. The number of hydrogen-bond donors (Lipinski definition) is 6. The molecule has 1 aromatic rings. The number of Topliss-reactive ketones (excluding diaryl/α,β-unsaturated/α-hetero) is 1. The zero-order chi connectivity index (χ0) is 32.5. The average Bonchev–Trinajstić information content (AvgIpc) is 3.29. The fourth-order valence-corrected chi connectivity index (χ4v) is 4.32. The van der Waals surface area contributed by atoms with Crippen molar-refractivity contribution in [2.75, 3.05) is 6.54 Å². The number of nitrogens with zero attached hydrogens (tertiary/aromatic N) is 2. The van der Waals surface area contributed by atoms with Crippen molar-refractivity contribution in [3.8, 4) is 0 Å². The van der Waals surface area contributed by atoms with Gasteiger partial charge in [-0.3, -0.25) is 24.0 Å². The summed E-state index contributed by atoms with van der Waals surface area (Å²) in [5, 5.41) is 21.0. The fraction of sp³-hybridized carbons (Fsp3) is 0.615. The van der Waals surface area contributed by atoms with Gasteiger partial charge in [0.15, 0.2) is 0 Å². The van der Waals surface area contributed by atoms with Gasteiger partial charge in [0.05, 0.1) is 6.04 Å². The summed E-state index contributed by atoms with van der Waals surface area (Å²) < 4.78 is 39.3. The molecule has 14 nitrogen and oxygen atoms in total. The highest BCUT2D eigenvalue weighted by Gasteiger charge is 2.37. The SMILES string of the molecule is CC(C)CC(NC(=O)C(Cc1nccc(C(F)(F)F)n1)NC(=O)O)C(=O)NC(C[C@@H]1CCNC1=O)C(=O)C(=O)NC(C)C. The topological polar surface area (TPSA) is 209 Å². The van der Waals surface area contributed by atoms with Crippen LogP contribution in [0.15, 0.2) is 12.3 Å². The first kappa shape index (κ1) is 34.9. The van der Waals surface area contributed by atoms with E-state index in [2.05, 4.69) is 31.2 Å². The van der Waals surface area contributed by atoms with Crippen LogP contribution in [-0.2, 0) is 36.6 Å². The van der Waals surface area contributed by atoms with E-state index in [4.69, 9.17) is 0 Å². The van der Waals surface area contributed by atoms with Crippen LogP contribution in [0.1, 0.15) is 58.5 Å². The first-order valence-corrected chi connectivity index (χ1v) is 13.6. The first-order chi connectivity index (χ1) is 20.0. The van der Waals surface area contributed by atoms with Crippen LogP contribution in [0.3, 0.4) is 0 Å². The Bertz CT molecular complexity index is 1210. The third-order valence-electron chi connectivity index (χ3n) is 6.30. The zero-order valence-electron chi connectivity index (χ0n) is 24.1. The zero-order valence-corrected chi connectivity index (χ0v) is 24.1. The molecular formula is C26H36F3N7O7. The van der Waals surface area contributed by atoms with E-state index in [0.29, 0.717) is 19.0 Å². The van der Waals surface area contributed by atoms with Gasteiger partial charge in [-0.05, 0) is 45.1 Å². The summed E-state index contributed by atoms with van der Waals surface area (Å²) in [5.74, 6) is -5.63. The number of alkyl halides is 3. The molecule has 1 fully saturated rings. The Kier molecular flexibility index (Phi) is 12.4. The van der Waals surface area contributed by atoms with Gasteiger partial charge in [0, 0.05) is 31.1 Å². The monoisotopic (exact) mass is 615 g/mol. The van der Waals surface area contributed by atoms with E-state index in [0.717, 1.165) is 6.20 Å². The highest BCUT2D eigenvalue weighted by atomic mass is 19.4. The Labute approximate surface area is 245 Å². The summed E-state index contributed by atoms with van der Waals surface area (Å²) >= 11 is 0. The molecule has 2 heterocycles. The van der Waals surface area contributed by atoms with Gasteiger partial charge in [-0.1, -0.05) is 13.8 Å². The summed E-state index contributed by atoms with van der Waals surface area (Å²) in [5.41, 5.74) is -1.29. The molecule has 1 aromatic heterocycles. The number of hydrogen-bond acceptors (Lipinski definition) is 8. The minimum atomic E-state index is -4.81. The number of ketones is 1. The highest BCUT2D eigenvalue weighted by Crippen LogP contribution is 2.27. The van der Waals surface area contributed by atoms with Crippen LogP contribution in [0.25, 0.3) is 0 Å². The lowest BCUT2D eigenvalue weighted by atomic mass is 9.94. The van der Waals surface area contributed by atoms with Crippen LogP contribution in [0.2, 0.25) is 0 Å². The minimum absolute atomic E-state index is 0.000436. The van der Waals surface area contributed by atoms with Gasteiger partial charge in [0.2, 0.25) is 23.5 Å². The van der Waals surface area contributed by atoms with E-state index in [1.165, 1.54) is 0 Å². The van der Waals surface area contributed by atoms with Crippen molar-refractivity contribution in [3.63, 3.8) is 0 Å². The average molecular weight is 616 g/mol. The molecule has 3 unspecified atom stereocenters. The van der Waals surface area contributed by atoms with Crippen molar-refractivity contribution < 1.29 is 47.0 Å². The first-order valence-electron chi connectivity index (χ1n) is 13.6. The number of rotatable bonds is 14. The third-order valence-corrected chi connectivity index (χ3v) is 6.30. The number of aromatic nitrogens is 2. The van der Waals surface area contributed by atoms with Gasteiger partial charge in [0.1, 0.15) is 23.6 Å². The molecule has 0 aliphatic carbocycles. The molecule has 0 aromatic carbocycles. The molecule has 0 saturated carbocycles. The molecule has 1 aliphatic heterocycles. The lowest BCUT2D eigenvalue weighted by molar-refractivity contribution is -0.141. The largest absolute Gasteiger partial charge is 0.465 e. The molecule has 1 saturated heterocycles. The maximum Gasteiger partial charge on any atom is 0.433 e. The fourth-order valence-electron chi connectivity index (χ4n) is 4.32. The second-order valence-corrected chi connectivity index (χ2v) is 10.8. The van der Waals surface area contributed by atoms with Crippen LogP contribution in [0.4, 0.5) is 18.0 Å². The van der Waals surface area contributed by atoms with E-state index >= 15 is 0 Å². The summed E-state index contributed by atoms with van der Waals surface area (Å²) in [6.07, 6.45) is -6.15. The lowest BCUT2D eigenvalue weighted by Gasteiger charge is -2.26. The number of carbonyl (C=O) groups excluding carboxylic acids is 5. The molecule has 43 heavy (non-hydrogen) atoms. The molecule has 0 spiro atoms. The van der Waals surface area contributed by atoms with Crippen molar-refractivity contribution in [3.05, 3.63) is 23.8 Å². The second kappa shape index (κ2) is 15.2. The van der Waals surface area contributed by atoms with Crippen molar-refractivity contribution in [2.45, 2.75) is 83.7 Å². The molecular weight excluding hydrogens is 579 g/mol. The van der Waals surface area contributed by atoms with Crippen LogP contribution >= 0.6 is 0 Å². The van der Waals surface area contributed by atoms with E-state index in [1.54, 1.807) is 27.7 Å². The Morgan fingerprint density at radius 2 is 1.63 bits per heavy atom. The molecule has 5 amide bonds. The van der Waals surface area contributed by atoms with E-state index in [9.17, 15) is 47.0 Å². The second-order valence-electron chi connectivity index (χ2n) is 10.8. The van der Waals surface area contributed by atoms with Crippen LogP contribution in [-0.4, -0.2) is 81.3 Å². The number of carbonyl (C=O) groups is 6. The summed E-state index contributed by atoms with van der Waals surface area (Å²) in [6, 6.07) is -4.25. The van der Waals surface area contributed by atoms with E-state index < -0.39 is 83.8 Å². The molecule has 238 valence electrons. The molecule has 0 radical (unpaired) electrons. The molecule has 17 heteroatoms. The number of nitrogens with one attached hydrogen (secondary N) is 5. The van der Waals surface area contributed by atoms with Gasteiger partial charge in [-0.2, -0.15) is 13.2 Å². The maximum atomic E-state index is 13.4. The highest BCUT2D eigenvalue weighted by molar-refractivity contribution is 6.38. The van der Waals surface area contributed by atoms with Crippen LogP contribution < -0.4 is 26.6 Å². The molecule has 1 aliphatic rings. The Hall–Kier alpha value is -4.31. The standard InChI is InChI=1S/C26H36F3N7O7/c1-12(2)9-16(22(39)33-15(10-14-5-7-31-21(14)38)20(37)24(41)32-13(3)4)34-23(40)17(35-25(42)43)11-19-30-8-6-18(36-19)26(27,28)29/h6,8,12-17,35H,5,7,9-11H2,1-4H3,(H,31,38)(H,32,41)(H,33,39)(H,34,40)(H,42,43)/t14-,15?,16?,17?/m0/s1. The van der Waals surface area contributed by atoms with Crippen LogP contribution in [0, 0.1) is 11.8 Å². The Morgan fingerprint density at radius 1 is 1.00 bits per heavy atom. The Morgan fingerprint density at radius 3 is 2.16 bits per heavy atom. The van der Waals surface area contributed by atoms with Crippen LogP contribution in [0.5, 0.6) is 0 Å². The summed E-state index contributed by atoms with van der Waals surface area (Å²) in [4.78, 5) is 82.6. The van der Waals surface area contributed by atoms with Crippen molar-refractivity contribution in [1.82, 2.24) is 36.6 Å². The van der Waals surface area contributed by atoms with Crippen molar-refractivity contribution in [1.29, 1.82) is 0 Å². The summed E-state index contributed by atoms with van der Waals surface area (Å²) in [7, 11) is 0. The quantitative estimate of drug-likeness (QED) is 0.159. The predicted molar refractivity (Wildman–Crippen MR) is 143 cm³/mol.